The zero-order valence-electron chi connectivity index (χ0n) is 15.7. The molecule has 0 bridgehead atoms. The van der Waals surface area contributed by atoms with Crippen molar-refractivity contribution in [3.63, 3.8) is 0 Å². The highest BCUT2D eigenvalue weighted by atomic mass is 35.5. The molecule has 2 heterocycles. The molecule has 0 spiro atoms. The van der Waals surface area contributed by atoms with Gasteiger partial charge in [0.2, 0.25) is 0 Å². The van der Waals surface area contributed by atoms with Crippen molar-refractivity contribution in [2.75, 3.05) is 12.0 Å². The average Bonchev–Trinajstić information content (AvgIpc) is 3.20. The number of carbonyl (C=O) groups excluding carboxylic acids is 2. The van der Waals surface area contributed by atoms with E-state index in [1.54, 1.807) is 55.6 Å². The minimum Gasteiger partial charge on any atom is -0.497 e. The Labute approximate surface area is 182 Å². The van der Waals surface area contributed by atoms with E-state index in [-0.39, 0.29) is 10.7 Å². The summed E-state index contributed by atoms with van der Waals surface area (Å²) in [4.78, 5) is 26.7. The van der Waals surface area contributed by atoms with Gasteiger partial charge in [0.1, 0.15) is 22.8 Å². The molecule has 1 aliphatic rings. The van der Waals surface area contributed by atoms with Crippen LogP contribution in [0.25, 0.3) is 17.4 Å². The predicted octanol–water partition coefficient (Wildman–Crippen LogP) is 4.44. The molecule has 6 nitrogen and oxygen atoms in total. The van der Waals surface area contributed by atoms with Crippen LogP contribution in [-0.2, 0) is 9.59 Å². The van der Waals surface area contributed by atoms with Gasteiger partial charge in [0.15, 0.2) is 5.11 Å². The maximum Gasteiger partial charge on any atom is 0.270 e. The predicted molar refractivity (Wildman–Crippen MR) is 118 cm³/mol. The van der Waals surface area contributed by atoms with Crippen LogP contribution < -0.4 is 15.0 Å². The van der Waals surface area contributed by atoms with Gasteiger partial charge in [-0.2, -0.15) is 0 Å². The topological polar surface area (TPSA) is 71.8 Å². The fraction of sp³-hybridized carbons (Fsp3) is 0.0455. The minimum atomic E-state index is -0.588. The first-order chi connectivity index (χ1) is 14.5. The van der Waals surface area contributed by atoms with E-state index in [0.29, 0.717) is 28.0 Å². The summed E-state index contributed by atoms with van der Waals surface area (Å²) in [5.41, 5.74) is 1.20. The zero-order chi connectivity index (χ0) is 21.3. The molecule has 1 aliphatic heterocycles. The van der Waals surface area contributed by atoms with Crippen molar-refractivity contribution >= 4 is 52.5 Å². The summed E-state index contributed by atoms with van der Waals surface area (Å²) in [5.74, 6) is 0.421. The summed E-state index contributed by atoms with van der Waals surface area (Å²) in [5, 5.41) is 3.13. The average molecular weight is 439 g/mol. The summed E-state index contributed by atoms with van der Waals surface area (Å²) in [6.45, 7) is 0. The number of hydrogen-bond donors (Lipinski definition) is 1. The number of hydrogen-bond acceptors (Lipinski definition) is 5. The summed E-state index contributed by atoms with van der Waals surface area (Å²) in [7, 11) is 1.55. The quantitative estimate of drug-likeness (QED) is 0.370. The number of nitrogens with zero attached hydrogens (tertiary/aromatic N) is 1. The Hall–Kier alpha value is -3.42. The number of ether oxygens (including phenoxy) is 1. The Morgan fingerprint density at radius 3 is 2.57 bits per heavy atom. The monoisotopic (exact) mass is 438 g/mol. The molecule has 0 saturated carbocycles. The first kappa shape index (κ1) is 19.9. The minimum absolute atomic E-state index is 0.00591. The number of nitrogens with one attached hydrogen (secondary N) is 1. The van der Waals surface area contributed by atoms with Gasteiger partial charge in [0.05, 0.1) is 12.8 Å². The summed E-state index contributed by atoms with van der Waals surface area (Å²) in [6, 6.07) is 17.4. The Kier molecular flexibility index (Phi) is 5.39. The first-order valence-corrected chi connectivity index (χ1v) is 9.66. The molecule has 150 valence electrons. The normalized spacial score (nSPS) is 15.5. The third-order valence-corrected chi connectivity index (χ3v) is 4.97. The van der Waals surface area contributed by atoms with Gasteiger partial charge in [-0.1, -0.05) is 23.7 Å². The lowest BCUT2D eigenvalue weighted by molar-refractivity contribution is -0.122. The van der Waals surface area contributed by atoms with Crippen LogP contribution in [0.3, 0.4) is 0 Å². The van der Waals surface area contributed by atoms with Gasteiger partial charge in [0.25, 0.3) is 11.8 Å². The summed E-state index contributed by atoms with van der Waals surface area (Å²) >= 11 is 11.2. The smallest absolute Gasteiger partial charge is 0.270 e. The lowest BCUT2D eigenvalue weighted by Crippen LogP contribution is -2.54. The number of halogens is 1. The standard InChI is InChI=1S/C22H15ClN2O4S/c1-28-16-7-5-15(6-8-16)25-21(27)18(20(26)24-22(25)30)12-17-9-10-19(29-17)13-3-2-4-14(23)11-13/h2-12H,1H3,(H,24,26,30)/b18-12+. The third kappa shape index (κ3) is 3.85. The van der Waals surface area contributed by atoms with E-state index < -0.39 is 11.8 Å². The van der Waals surface area contributed by atoms with E-state index in [1.165, 1.54) is 11.0 Å². The molecule has 0 radical (unpaired) electrons. The molecule has 0 unspecified atom stereocenters. The van der Waals surface area contributed by atoms with Crippen molar-refractivity contribution in [2.45, 2.75) is 0 Å². The number of amides is 2. The maximum atomic E-state index is 13.0. The van der Waals surface area contributed by atoms with Gasteiger partial charge in [0, 0.05) is 10.6 Å². The zero-order valence-corrected chi connectivity index (χ0v) is 17.3. The van der Waals surface area contributed by atoms with Gasteiger partial charge in [-0.25, -0.2) is 0 Å². The molecule has 1 saturated heterocycles. The van der Waals surface area contributed by atoms with Gasteiger partial charge < -0.3 is 9.15 Å². The lowest BCUT2D eigenvalue weighted by Gasteiger charge is -2.28. The van der Waals surface area contributed by atoms with Crippen LogP contribution in [0.2, 0.25) is 5.02 Å². The maximum absolute atomic E-state index is 13.0. The molecule has 1 aromatic heterocycles. The third-order valence-electron chi connectivity index (χ3n) is 4.45. The fourth-order valence-corrected chi connectivity index (χ4v) is 3.46. The Morgan fingerprint density at radius 1 is 1.10 bits per heavy atom. The fourth-order valence-electron chi connectivity index (χ4n) is 2.99. The molecule has 30 heavy (non-hydrogen) atoms. The number of rotatable bonds is 4. The van der Waals surface area contributed by atoms with E-state index in [0.717, 1.165) is 5.56 Å². The van der Waals surface area contributed by atoms with Gasteiger partial charge in [-0.3, -0.25) is 19.8 Å². The van der Waals surface area contributed by atoms with Crippen LogP contribution in [0.1, 0.15) is 5.76 Å². The molecular weight excluding hydrogens is 424 g/mol. The SMILES string of the molecule is COc1ccc(N2C(=O)/C(=C/c3ccc(-c4cccc(Cl)c4)o3)C(=O)NC2=S)cc1. The van der Waals surface area contributed by atoms with Gasteiger partial charge in [-0.05, 0) is 66.8 Å². The number of benzene rings is 2. The number of methoxy groups -OCH3 is 1. The molecule has 4 rings (SSSR count). The van der Waals surface area contributed by atoms with Crippen molar-refractivity contribution < 1.29 is 18.7 Å². The summed E-state index contributed by atoms with van der Waals surface area (Å²) < 4.78 is 10.9. The number of carbonyl (C=O) groups is 2. The lowest BCUT2D eigenvalue weighted by atomic mass is 10.1. The molecule has 2 aromatic carbocycles. The van der Waals surface area contributed by atoms with Crippen molar-refractivity contribution in [3.8, 4) is 17.1 Å². The highest BCUT2D eigenvalue weighted by molar-refractivity contribution is 7.80. The van der Waals surface area contributed by atoms with E-state index in [1.807, 2.05) is 12.1 Å². The molecule has 0 aliphatic carbocycles. The highest BCUT2D eigenvalue weighted by Crippen LogP contribution is 2.28. The summed E-state index contributed by atoms with van der Waals surface area (Å²) in [6.07, 6.45) is 1.39. The van der Waals surface area contributed by atoms with Gasteiger partial charge >= 0.3 is 0 Å². The van der Waals surface area contributed by atoms with E-state index in [4.69, 9.17) is 33.0 Å². The molecule has 0 atom stereocenters. The van der Waals surface area contributed by atoms with Crippen LogP contribution in [0.15, 0.2) is 70.7 Å². The molecule has 2 amide bonds. The second-order valence-electron chi connectivity index (χ2n) is 6.37. The van der Waals surface area contributed by atoms with E-state index >= 15 is 0 Å². The molecule has 1 N–H and O–H groups in total. The molecule has 8 heteroatoms. The van der Waals surface area contributed by atoms with E-state index in [2.05, 4.69) is 5.32 Å². The van der Waals surface area contributed by atoms with Crippen molar-refractivity contribution in [1.82, 2.24) is 5.32 Å². The number of anilines is 1. The number of thiocarbonyl (C=S) groups is 1. The van der Waals surface area contributed by atoms with Crippen molar-refractivity contribution in [2.24, 2.45) is 0 Å². The van der Waals surface area contributed by atoms with Crippen LogP contribution in [-0.4, -0.2) is 24.0 Å². The van der Waals surface area contributed by atoms with Crippen LogP contribution in [0.5, 0.6) is 5.75 Å². The number of furan rings is 1. The van der Waals surface area contributed by atoms with Gasteiger partial charge in [-0.15, -0.1) is 0 Å². The highest BCUT2D eigenvalue weighted by Gasteiger charge is 2.34. The molecule has 3 aromatic rings. The Balaban J connectivity index is 1.66. The molecular formula is C22H15ClN2O4S. The largest absolute Gasteiger partial charge is 0.497 e. The van der Waals surface area contributed by atoms with Crippen molar-refractivity contribution in [1.29, 1.82) is 0 Å². The van der Waals surface area contributed by atoms with Crippen LogP contribution >= 0.6 is 23.8 Å². The van der Waals surface area contributed by atoms with E-state index in [9.17, 15) is 9.59 Å². The van der Waals surface area contributed by atoms with Crippen LogP contribution in [0, 0.1) is 0 Å². The second-order valence-corrected chi connectivity index (χ2v) is 7.19. The first-order valence-electron chi connectivity index (χ1n) is 8.87. The molecule has 1 fully saturated rings. The van der Waals surface area contributed by atoms with Crippen molar-refractivity contribution in [3.05, 3.63) is 77.0 Å². The van der Waals surface area contributed by atoms with Crippen LogP contribution in [0.4, 0.5) is 5.69 Å². The second kappa shape index (κ2) is 8.14. The Bertz CT molecular complexity index is 1180. The Morgan fingerprint density at radius 2 is 1.87 bits per heavy atom.